The van der Waals surface area contributed by atoms with Crippen LogP contribution < -0.4 is 10.0 Å². The molecule has 0 bridgehead atoms. The van der Waals surface area contributed by atoms with Gasteiger partial charge in [-0.3, -0.25) is 4.31 Å². The molecule has 1 aliphatic heterocycles. The molecule has 88 valence electrons. The minimum atomic E-state index is -3.21. The molecule has 1 atom stereocenters. The molecule has 0 aliphatic carbocycles. The van der Waals surface area contributed by atoms with Gasteiger partial charge < -0.3 is 5.73 Å². The van der Waals surface area contributed by atoms with Crippen molar-refractivity contribution in [3.05, 3.63) is 23.2 Å². The maximum atomic E-state index is 11.8. The molecule has 1 aromatic carbocycles. The van der Waals surface area contributed by atoms with Crippen LogP contribution in [-0.4, -0.2) is 20.7 Å². The summed E-state index contributed by atoms with van der Waals surface area (Å²) in [6, 6.07) is 4.86. The fourth-order valence-corrected chi connectivity index (χ4v) is 4.03. The number of nitrogen functional groups attached to an aromatic ring is 1. The van der Waals surface area contributed by atoms with Crippen LogP contribution in [0.1, 0.15) is 6.92 Å². The van der Waals surface area contributed by atoms with Crippen molar-refractivity contribution >= 4 is 33.0 Å². The van der Waals surface area contributed by atoms with Gasteiger partial charge in [0, 0.05) is 11.6 Å². The van der Waals surface area contributed by atoms with Gasteiger partial charge in [-0.1, -0.05) is 18.5 Å². The largest absolute Gasteiger partial charge is 0.397 e. The predicted octanol–water partition coefficient (Wildman–Crippen LogP) is 1.71. The van der Waals surface area contributed by atoms with Gasteiger partial charge in [-0.05, 0) is 24.1 Å². The molecule has 6 heteroatoms. The van der Waals surface area contributed by atoms with Crippen molar-refractivity contribution < 1.29 is 8.42 Å². The van der Waals surface area contributed by atoms with Crippen molar-refractivity contribution in [1.82, 2.24) is 0 Å². The van der Waals surface area contributed by atoms with Crippen LogP contribution in [0.5, 0.6) is 0 Å². The highest BCUT2D eigenvalue weighted by Gasteiger charge is 2.34. The first-order valence-electron chi connectivity index (χ1n) is 4.95. The third kappa shape index (κ3) is 1.97. The van der Waals surface area contributed by atoms with E-state index >= 15 is 0 Å². The van der Waals surface area contributed by atoms with E-state index in [-0.39, 0.29) is 11.7 Å². The molecule has 0 amide bonds. The van der Waals surface area contributed by atoms with Crippen molar-refractivity contribution in [2.24, 2.45) is 5.92 Å². The van der Waals surface area contributed by atoms with E-state index in [2.05, 4.69) is 0 Å². The van der Waals surface area contributed by atoms with Crippen LogP contribution in [-0.2, 0) is 10.0 Å². The summed E-state index contributed by atoms with van der Waals surface area (Å²) in [4.78, 5) is 0. The van der Waals surface area contributed by atoms with Gasteiger partial charge >= 0.3 is 0 Å². The molecule has 1 saturated heterocycles. The van der Waals surface area contributed by atoms with E-state index in [1.165, 1.54) is 4.31 Å². The molecular formula is C10H13ClN2O2S. The van der Waals surface area contributed by atoms with Gasteiger partial charge in [-0.2, -0.15) is 0 Å². The number of hydrogen-bond donors (Lipinski definition) is 1. The summed E-state index contributed by atoms with van der Waals surface area (Å²) in [6.45, 7) is 2.39. The number of nitrogens with zero attached hydrogens (tertiary/aromatic N) is 1. The second-order valence-corrected chi connectivity index (χ2v) is 6.49. The maximum absolute atomic E-state index is 11.8. The third-order valence-corrected chi connectivity index (χ3v) is 4.81. The zero-order chi connectivity index (χ0) is 11.9. The van der Waals surface area contributed by atoms with Crippen molar-refractivity contribution in [3.8, 4) is 0 Å². The number of rotatable bonds is 1. The molecule has 2 rings (SSSR count). The summed E-state index contributed by atoms with van der Waals surface area (Å²) >= 11 is 5.78. The minimum Gasteiger partial charge on any atom is -0.397 e. The van der Waals surface area contributed by atoms with Gasteiger partial charge in [0.2, 0.25) is 10.0 Å². The van der Waals surface area contributed by atoms with E-state index in [0.717, 1.165) is 0 Å². The van der Waals surface area contributed by atoms with Crippen molar-refractivity contribution in [2.75, 3.05) is 22.3 Å². The van der Waals surface area contributed by atoms with Crippen LogP contribution >= 0.6 is 11.6 Å². The van der Waals surface area contributed by atoms with Crippen LogP contribution in [0, 0.1) is 5.92 Å². The molecule has 2 N–H and O–H groups in total. The number of benzene rings is 1. The Bertz CT molecular complexity index is 516. The molecule has 0 saturated carbocycles. The Hall–Kier alpha value is -0.940. The number of anilines is 2. The summed E-state index contributed by atoms with van der Waals surface area (Å²) < 4.78 is 25.1. The van der Waals surface area contributed by atoms with Crippen LogP contribution in [0.4, 0.5) is 11.4 Å². The summed E-state index contributed by atoms with van der Waals surface area (Å²) in [5.41, 5.74) is 6.69. The number of halogens is 1. The van der Waals surface area contributed by atoms with Gasteiger partial charge in [-0.15, -0.1) is 0 Å². The van der Waals surface area contributed by atoms with Crippen molar-refractivity contribution in [2.45, 2.75) is 6.92 Å². The fourth-order valence-electron chi connectivity index (χ4n) is 1.90. The van der Waals surface area contributed by atoms with Gasteiger partial charge in [0.25, 0.3) is 0 Å². The zero-order valence-electron chi connectivity index (χ0n) is 8.85. The Balaban J connectivity index is 2.45. The van der Waals surface area contributed by atoms with E-state index in [9.17, 15) is 8.42 Å². The minimum absolute atomic E-state index is 0.125. The molecule has 4 nitrogen and oxygen atoms in total. The van der Waals surface area contributed by atoms with E-state index in [4.69, 9.17) is 17.3 Å². The molecule has 1 fully saturated rings. The molecule has 1 aliphatic rings. The molecule has 0 aromatic heterocycles. The number of sulfonamides is 1. The van der Waals surface area contributed by atoms with Crippen LogP contribution in [0.25, 0.3) is 0 Å². The monoisotopic (exact) mass is 260 g/mol. The molecule has 0 spiro atoms. The number of nitrogens with two attached hydrogens (primary N) is 1. The normalized spacial score (nSPS) is 23.6. The standard InChI is InChI=1S/C10H13ClN2O2S/c1-7-5-13(16(14,15)6-7)10-3-2-8(11)4-9(10)12/h2-4,7H,5-6,12H2,1H3. The van der Waals surface area contributed by atoms with Gasteiger partial charge in [0.05, 0.1) is 17.1 Å². The van der Waals surface area contributed by atoms with Crippen LogP contribution in [0.15, 0.2) is 18.2 Å². The van der Waals surface area contributed by atoms with Gasteiger partial charge in [-0.25, -0.2) is 8.42 Å². The molecule has 0 radical (unpaired) electrons. The Morgan fingerprint density at radius 1 is 1.50 bits per heavy atom. The molecule has 1 aromatic rings. The van der Waals surface area contributed by atoms with Crippen LogP contribution in [0.2, 0.25) is 5.02 Å². The van der Waals surface area contributed by atoms with Crippen molar-refractivity contribution in [3.63, 3.8) is 0 Å². The summed E-state index contributed by atoms with van der Waals surface area (Å²) in [6.07, 6.45) is 0. The topological polar surface area (TPSA) is 63.4 Å². The first-order valence-corrected chi connectivity index (χ1v) is 6.94. The van der Waals surface area contributed by atoms with Crippen molar-refractivity contribution in [1.29, 1.82) is 0 Å². The molecule has 16 heavy (non-hydrogen) atoms. The lowest BCUT2D eigenvalue weighted by atomic mass is 10.2. The lowest BCUT2D eigenvalue weighted by molar-refractivity contribution is 0.598. The molecule has 1 unspecified atom stereocenters. The van der Waals surface area contributed by atoms with E-state index in [0.29, 0.717) is 22.9 Å². The smallest absolute Gasteiger partial charge is 0.235 e. The first-order chi connectivity index (χ1) is 7.40. The van der Waals surface area contributed by atoms with Gasteiger partial charge in [0.15, 0.2) is 0 Å². The lowest BCUT2D eigenvalue weighted by Crippen LogP contribution is -2.26. The second kappa shape index (κ2) is 3.82. The van der Waals surface area contributed by atoms with E-state index in [1.54, 1.807) is 18.2 Å². The highest BCUT2D eigenvalue weighted by molar-refractivity contribution is 7.93. The Morgan fingerprint density at radius 3 is 2.69 bits per heavy atom. The summed E-state index contributed by atoms with van der Waals surface area (Å²) in [5.74, 6) is 0.301. The Kier molecular flexibility index (Phi) is 2.75. The summed E-state index contributed by atoms with van der Waals surface area (Å²) in [7, 11) is -3.21. The molecular weight excluding hydrogens is 248 g/mol. The lowest BCUT2D eigenvalue weighted by Gasteiger charge is -2.19. The van der Waals surface area contributed by atoms with Gasteiger partial charge in [0.1, 0.15) is 0 Å². The average Bonchev–Trinajstić information content (AvgIpc) is 2.39. The quantitative estimate of drug-likeness (QED) is 0.782. The Morgan fingerprint density at radius 2 is 2.19 bits per heavy atom. The fraction of sp³-hybridized carbons (Fsp3) is 0.400. The second-order valence-electron chi connectivity index (χ2n) is 4.12. The number of hydrogen-bond acceptors (Lipinski definition) is 3. The highest BCUT2D eigenvalue weighted by atomic mass is 35.5. The van der Waals surface area contributed by atoms with Crippen LogP contribution in [0.3, 0.4) is 0 Å². The SMILES string of the molecule is CC1CN(c2ccc(Cl)cc2N)S(=O)(=O)C1. The maximum Gasteiger partial charge on any atom is 0.235 e. The Labute approximate surface area is 100 Å². The third-order valence-electron chi connectivity index (χ3n) is 2.57. The summed E-state index contributed by atoms with van der Waals surface area (Å²) in [5, 5.41) is 0.505. The zero-order valence-corrected chi connectivity index (χ0v) is 10.4. The predicted molar refractivity (Wildman–Crippen MR) is 66.2 cm³/mol. The molecule has 1 heterocycles. The highest BCUT2D eigenvalue weighted by Crippen LogP contribution is 2.32. The van der Waals surface area contributed by atoms with E-state index < -0.39 is 10.0 Å². The van der Waals surface area contributed by atoms with E-state index in [1.807, 2.05) is 6.92 Å². The average molecular weight is 261 g/mol. The first kappa shape index (κ1) is 11.5.